The van der Waals surface area contributed by atoms with Gasteiger partial charge in [-0.2, -0.15) is 0 Å². The lowest BCUT2D eigenvalue weighted by atomic mass is 10.1. The van der Waals surface area contributed by atoms with Crippen LogP contribution >= 0.6 is 0 Å². The van der Waals surface area contributed by atoms with Gasteiger partial charge in [0, 0.05) is 12.1 Å². The summed E-state index contributed by atoms with van der Waals surface area (Å²) in [5.74, 6) is -1.05. The normalized spacial score (nSPS) is 18.5. The molecule has 0 saturated carbocycles. The van der Waals surface area contributed by atoms with E-state index < -0.39 is 17.7 Å². The number of hydrogen-bond donors (Lipinski definition) is 1. The maximum absolute atomic E-state index is 13.4. The number of hydrogen-bond acceptors (Lipinski definition) is 2. The predicted octanol–water partition coefficient (Wildman–Crippen LogP) is 2.48. The van der Waals surface area contributed by atoms with Crippen molar-refractivity contribution < 1.29 is 13.9 Å². The summed E-state index contributed by atoms with van der Waals surface area (Å²) in [6, 6.07) is 3.19. The summed E-state index contributed by atoms with van der Waals surface area (Å²) >= 11 is 0. The standard InChI is InChI=1S/C13H17F2NO/c14-10-3-4-12(15)11(9-10)13(17)5-8-16-6-1-2-7-16/h3-4,9,13,17H,1-2,5-8H2. The first-order valence-corrected chi connectivity index (χ1v) is 6.02. The van der Waals surface area contributed by atoms with Crippen LogP contribution in [0.2, 0.25) is 0 Å². The van der Waals surface area contributed by atoms with Crippen LogP contribution in [0.15, 0.2) is 18.2 Å². The lowest BCUT2D eigenvalue weighted by molar-refractivity contribution is 0.144. The van der Waals surface area contributed by atoms with Gasteiger partial charge in [0.25, 0.3) is 0 Å². The third kappa shape index (κ3) is 3.23. The van der Waals surface area contributed by atoms with Gasteiger partial charge in [0.15, 0.2) is 0 Å². The molecule has 0 aliphatic carbocycles. The number of nitrogens with zero attached hydrogens (tertiary/aromatic N) is 1. The van der Waals surface area contributed by atoms with E-state index in [1.165, 1.54) is 12.8 Å². The van der Waals surface area contributed by atoms with Crippen LogP contribution in [-0.2, 0) is 0 Å². The second-order valence-electron chi connectivity index (χ2n) is 4.52. The Morgan fingerprint density at radius 1 is 1.24 bits per heavy atom. The molecule has 1 atom stereocenters. The summed E-state index contributed by atoms with van der Waals surface area (Å²) in [5, 5.41) is 9.85. The van der Waals surface area contributed by atoms with Crippen LogP contribution in [-0.4, -0.2) is 29.6 Å². The number of aliphatic hydroxyl groups excluding tert-OH is 1. The van der Waals surface area contributed by atoms with Crippen molar-refractivity contribution in [2.45, 2.75) is 25.4 Å². The lowest BCUT2D eigenvalue weighted by Crippen LogP contribution is -2.22. The zero-order chi connectivity index (χ0) is 12.3. The van der Waals surface area contributed by atoms with E-state index in [1.807, 2.05) is 0 Å². The first-order valence-electron chi connectivity index (χ1n) is 6.02. The highest BCUT2D eigenvalue weighted by atomic mass is 19.1. The molecule has 0 amide bonds. The largest absolute Gasteiger partial charge is 0.388 e. The average molecular weight is 241 g/mol. The molecule has 0 spiro atoms. The Balaban J connectivity index is 1.93. The Morgan fingerprint density at radius 2 is 1.94 bits per heavy atom. The van der Waals surface area contributed by atoms with Crippen LogP contribution in [0.5, 0.6) is 0 Å². The fourth-order valence-corrected chi connectivity index (χ4v) is 2.24. The van der Waals surface area contributed by atoms with Crippen LogP contribution < -0.4 is 0 Å². The van der Waals surface area contributed by atoms with Gasteiger partial charge in [-0.3, -0.25) is 0 Å². The molecule has 1 N–H and O–H groups in total. The molecule has 0 bridgehead atoms. The fourth-order valence-electron chi connectivity index (χ4n) is 2.24. The van der Waals surface area contributed by atoms with Crippen LogP contribution in [0.4, 0.5) is 8.78 Å². The summed E-state index contributed by atoms with van der Waals surface area (Å²) in [5.41, 5.74) is 0.0594. The monoisotopic (exact) mass is 241 g/mol. The molecule has 1 unspecified atom stereocenters. The smallest absolute Gasteiger partial charge is 0.129 e. The molecule has 1 fully saturated rings. The minimum absolute atomic E-state index is 0.0594. The van der Waals surface area contributed by atoms with Gasteiger partial charge < -0.3 is 10.0 Å². The van der Waals surface area contributed by atoms with Crippen molar-refractivity contribution in [1.29, 1.82) is 0 Å². The zero-order valence-corrected chi connectivity index (χ0v) is 9.70. The van der Waals surface area contributed by atoms with Gasteiger partial charge in [-0.15, -0.1) is 0 Å². The topological polar surface area (TPSA) is 23.5 Å². The molecule has 2 rings (SSSR count). The second kappa shape index (κ2) is 5.56. The van der Waals surface area contributed by atoms with Crippen molar-refractivity contribution in [2.75, 3.05) is 19.6 Å². The number of rotatable bonds is 4. The Hall–Kier alpha value is -1.00. The van der Waals surface area contributed by atoms with E-state index in [-0.39, 0.29) is 5.56 Å². The van der Waals surface area contributed by atoms with Gasteiger partial charge in [-0.05, 0) is 50.6 Å². The molecule has 0 radical (unpaired) electrons. The number of aliphatic hydroxyl groups is 1. The summed E-state index contributed by atoms with van der Waals surface area (Å²) in [6.07, 6.45) is 1.89. The molecule has 1 saturated heterocycles. The van der Waals surface area contributed by atoms with Crippen LogP contribution in [0.3, 0.4) is 0 Å². The molecule has 94 valence electrons. The minimum atomic E-state index is -0.925. The molecule has 1 aromatic carbocycles. The Labute approximate surface area is 99.9 Å². The molecule has 0 aromatic heterocycles. The predicted molar refractivity (Wildman–Crippen MR) is 61.6 cm³/mol. The number of halogens is 2. The third-order valence-electron chi connectivity index (χ3n) is 3.23. The number of benzene rings is 1. The molecule has 17 heavy (non-hydrogen) atoms. The zero-order valence-electron chi connectivity index (χ0n) is 9.70. The SMILES string of the molecule is OC(CCN1CCCC1)c1cc(F)ccc1F. The highest BCUT2D eigenvalue weighted by Crippen LogP contribution is 2.22. The van der Waals surface area contributed by atoms with E-state index in [0.717, 1.165) is 37.8 Å². The van der Waals surface area contributed by atoms with E-state index >= 15 is 0 Å². The van der Waals surface area contributed by atoms with Gasteiger partial charge in [-0.1, -0.05) is 0 Å². The van der Waals surface area contributed by atoms with E-state index in [1.54, 1.807) is 0 Å². The maximum Gasteiger partial charge on any atom is 0.129 e. The van der Waals surface area contributed by atoms with Gasteiger partial charge >= 0.3 is 0 Å². The summed E-state index contributed by atoms with van der Waals surface area (Å²) in [4.78, 5) is 2.24. The van der Waals surface area contributed by atoms with Crippen LogP contribution in [0.1, 0.15) is 30.9 Å². The molecule has 1 heterocycles. The van der Waals surface area contributed by atoms with Gasteiger partial charge in [0.2, 0.25) is 0 Å². The Morgan fingerprint density at radius 3 is 2.65 bits per heavy atom. The molecule has 1 aliphatic heterocycles. The maximum atomic E-state index is 13.4. The summed E-state index contributed by atoms with van der Waals surface area (Å²) < 4.78 is 26.3. The van der Waals surface area contributed by atoms with Crippen molar-refractivity contribution in [3.8, 4) is 0 Å². The molecule has 1 aromatic rings. The average Bonchev–Trinajstić information content (AvgIpc) is 2.82. The summed E-state index contributed by atoms with van der Waals surface area (Å²) in [6.45, 7) is 2.81. The van der Waals surface area contributed by atoms with Crippen molar-refractivity contribution in [2.24, 2.45) is 0 Å². The summed E-state index contributed by atoms with van der Waals surface area (Å²) in [7, 11) is 0. The Kier molecular flexibility index (Phi) is 4.07. The highest BCUT2D eigenvalue weighted by Gasteiger charge is 2.17. The fraction of sp³-hybridized carbons (Fsp3) is 0.538. The minimum Gasteiger partial charge on any atom is -0.388 e. The van der Waals surface area contributed by atoms with Crippen molar-refractivity contribution >= 4 is 0 Å². The van der Waals surface area contributed by atoms with Crippen LogP contribution in [0, 0.1) is 11.6 Å². The van der Waals surface area contributed by atoms with E-state index in [4.69, 9.17) is 0 Å². The molecule has 2 nitrogen and oxygen atoms in total. The number of likely N-dealkylation sites (tertiary alicyclic amines) is 1. The third-order valence-corrected chi connectivity index (χ3v) is 3.23. The van der Waals surface area contributed by atoms with Gasteiger partial charge in [-0.25, -0.2) is 8.78 Å². The lowest BCUT2D eigenvalue weighted by Gasteiger charge is -2.18. The first kappa shape index (κ1) is 12.5. The molecule has 1 aliphatic rings. The second-order valence-corrected chi connectivity index (χ2v) is 4.52. The Bertz CT molecular complexity index is 378. The van der Waals surface area contributed by atoms with Gasteiger partial charge in [0.1, 0.15) is 11.6 Å². The highest BCUT2D eigenvalue weighted by molar-refractivity contribution is 5.21. The molecular weight excluding hydrogens is 224 g/mol. The molecular formula is C13H17F2NO. The quantitative estimate of drug-likeness (QED) is 0.875. The van der Waals surface area contributed by atoms with Crippen molar-refractivity contribution in [3.05, 3.63) is 35.4 Å². The van der Waals surface area contributed by atoms with E-state index in [0.29, 0.717) is 6.42 Å². The van der Waals surface area contributed by atoms with Crippen LogP contribution in [0.25, 0.3) is 0 Å². The van der Waals surface area contributed by atoms with Gasteiger partial charge in [0.05, 0.1) is 6.10 Å². The van der Waals surface area contributed by atoms with Crippen molar-refractivity contribution in [1.82, 2.24) is 4.90 Å². The molecule has 4 heteroatoms. The van der Waals surface area contributed by atoms with Crippen molar-refractivity contribution in [3.63, 3.8) is 0 Å². The first-order chi connectivity index (χ1) is 8.16. The van der Waals surface area contributed by atoms with E-state index in [9.17, 15) is 13.9 Å². The van der Waals surface area contributed by atoms with E-state index in [2.05, 4.69) is 4.90 Å².